The molecule has 0 aliphatic heterocycles. The number of nitrogens with zero attached hydrogens (tertiary/aromatic N) is 9. The number of hydrogen-bond donors (Lipinski definition) is 9. The number of aliphatic carboxylic acids is 1. The topological polar surface area (TPSA) is 609 Å². The van der Waals surface area contributed by atoms with E-state index in [2.05, 4.69) is 70.2 Å². The van der Waals surface area contributed by atoms with Crippen molar-refractivity contribution < 1.29 is 138 Å². The van der Waals surface area contributed by atoms with Crippen LogP contribution in [0.25, 0.3) is 43.6 Å². The number of primary amides is 4. The van der Waals surface area contributed by atoms with Crippen molar-refractivity contribution in [2.45, 2.75) is 179 Å². The molecule has 0 aliphatic rings. The molecule has 42 heteroatoms. The van der Waals surface area contributed by atoms with Gasteiger partial charge in [-0.2, -0.15) is 20.4 Å². The number of anilines is 3. The van der Waals surface area contributed by atoms with E-state index >= 15 is 0 Å². The number of carboxylic acids is 1. The van der Waals surface area contributed by atoms with Crippen LogP contribution in [-0.2, 0) is 90.9 Å². The summed E-state index contributed by atoms with van der Waals surface area (Å²) in [7, 11) is -1.77. The number of benzene rings is 5. The second-order valence-electron chi connectivity index (χ2n) is 28.5. The van der Waals surface area contributed by atoms with Crippen molar-refractivity contribution in [2.75, 3.05) is 29.5 Å². The van der Waals surface area contributed by atoms with Crippen LogP contribution in [0.15, 0.2) is 91.0 Å². The van der Waals surface area contributed by atoms with Crippen molar-refractivity contribution in [3.05, 3.63) is 140 Å². The standard InChI is InChI=1S/C19H31ClFNO2Si.C16H20N4O4.C15H18N4O5.C11H10N4O4.C11H12N4O2.2CH4.Li.3H2O.Pd.H2/c1-14(13-24-25(5,6)19(2,3)4)22-12-16(23)11-10-15-8-7-9-17(20)18(15)21;1-9(21)8-20-12-6-5-10(18-15(23)24-16(2,3)4)7-11(12)13(19-20)14(17)22;1-15(2,3)24-14(23)17-8-4-5-10-9(6-8)12(13(16)22)18-19(10)7-11(20)21;1-6(16)5-14-9-3-2-7(15(18)19)4-8(9)10(13-14)11(12)17;1-6(16)5-15-9-3-2-7(12)4-8(9)10(14-15)11(13)17;;;;;;;;/h7-9,14,22H,10-13H2,1-6H3;5-7H,8H2,1-4H3,(H2,17,22)(H,18,23);4-6H,7H2,1-3H3,(H2,16,22)(H,17,23)(H,20,21);2-4H,5H2,1H3,(H2,12,17);2-4H,5,12H2,1H3,(H2,13,17);2*1H4;;3*1H2;;1H/q;;;;;;;+1;;;;;/p-1/t14-;;;;;;;;;;;;/m1............/s1. The van der Waals surface area contributed by atoms with Crippen LogP contribution in [0.5, 0.6) is 0 Å². The number of Topliss-reactive ketones (excluding diaryl/α,β-unsaturated/α-hetero) is 4. The van der Waals surface area contributed by atoms with Crippen LogP contribution in [0.1, 0.15) is 160 Å². The molecule has 4 aromatic heterocycles. The first kappa shape index (κ1) is 109. The number of carbonyl (C=O) groups is 11. The van der Waals surface area contributed by atoms with Crippen molar-refractivity contribution in [1.82, 2.24) is 44.4 Å². The predicted octanol–water partition coefficient (Wildman–Crippen LogP) is 6.25. The summed E-state index contributed by atoms with van der Waals surface area (Å²) in [5.74, 6) is -4.73. The third-order valence-corrected chi connectivity index (χ3v) is 20.5. The van der Waals surface area contributed by atoms with Gasteiger partial charge in [0.05, 0.1) is 58.2 Å². The fourth-order valence-electron chi connectivity index (χ4n) is 9.81. The molecule has 636 valence electrons. The van der Waals surface area contributed by atoms with Gasteiger partial charge >= 0.3 is 37.0 Å². The second kappa shape index (κ2) is 46.7. The van der Waals surface area contributed by atoms with Crippen molar-refractivity contribution in [3.8, 4) is 0 Å². The Hall–Kier alpha value is -10.8. The number of nitro benzene ring substituents is 1. The van der Waals surface area contributed by atoms with Crippen molar-refractivity contribution in [2.24, 2.45) is 22.9 Å². The van der Waals surface area contributed by atoms with Gasteiger partial charge < -0.3 is 69.4 Å². The van der Waals surface area contributed by atoms with Gasteiger partial charge in [-0.05, 0) is 166 Å². The zero-order valence-corrected chi connectivity index (χ0v) is 69.1. The average Bonchev–Trinajstić information content (AvgIpc) is 1.66. The number of hydrogen-bond acceptors (Lipinski definition) is 23. The molecule has 5 aromatic carbocycles. The largest absolute Gasteiger partial charge is 1.00 e. The Morgan fingerprint density at radius 1 is 0.603 bits per heavy atom. The van der Waals surface area contributed by atoms with Crippen LogP contribution in [0, 0.1) is 15.9 Å². The number of carboxylic acid groups (broad SMARTS) is 1. The van der Waals surface area contributed by atoms with Gasteiger partial charge in [0.15, 0.2) is 48.4 Å². The Balaban J connectivity index is -0.000000674. The number of non-ortho nitro benzene ring substituents is 1. The van der Waals surface area contributed by atoms with E-state index in [-0.39, 0.29) is 171 Å². The maximum atomic E-state index is 13.8. The first-order chi connectivity index (χ1) is 50.4. The number of halogens is 2. The Kier molecular flexibility index (Phi) is 44.1. The molecule has 116 heavy (non-hydrogen) atoms. The Bertz CT molecular complexity index is 4860. The number of amides is 6. The third kappa shape index (κ3) is 32.5. The molecule has 0 unspecified atom stereocenters. The molecule has 9 rings (SSSR count). The molecule has 37 nitrogen and oxygen atoms in total. The van der Waals surface area contributed by atoms with Crippen molar-refractivity contribution >= 4 is 151 Å². The number of ketones is 4. The van der Waals surface area contributed by atoms with E-state index in [0.29, 0.717) is 80.3 Å². The molecular weight excluding hydrogens is 1640 g/mol. The number of nitrogens with one attached hydrogen (secondary N) is 3. The number of fused-ring (bicyclic) bond motifs is 4. The summed E-state index contributed by atoms with van der Waals surface area (Å²) in [5.41, 5.74) is 29.2. The first-order valence-corrected chi connectivity index (χ1v) is 36.9. The van der Waals surface area contributed by atoms with E-state index < -0.39 is 78.6 Å². The minimum atomic E-state index is -1.77. The van der Waals surface area contributed by atoms with Crippen LogP contribution in [0.4, 0.5) is 36.7 Å². The summed E-state index contributed by atoms with van der Waals surface area (Å²) in [4.78, 5) is 136. The van der Waals surface area contributed by atoms with Crippen molar-refractivity contribution in [3.63, 3.8) is 0 Å². The summed E-state index contributed by atoms with van der Waals surface area (Å²) in [6.45, 7) is 28.3. The van der Waals surface area contributed by atoms with Gasteiger partial charge in [0.1, 0.15) is 29.3 Å². The van der Waals surface area contributed by atoms with Gasteiger partial charge in [-0.1, -0.05) is 59.4 Å². The van der Waals surface area contributed by atoms with Gasteiger partial charge in [-0.25, -0.2) is 14.0 Å². The molecule has 0 aliphatic carbocycles. The minimum absolute atomic E-state index is 0. The number of carbonyl (C=O) groups excluding carboxylic acids is 10. The molecule has 1 atom stereocenters. The zero-order chi connectivity index (χ0) is 82.1. The van der Waals surface area contributed by atoms with Gasteiger partial charge in [-0.3, -0.25) is 82.6 Å². The Morgan fingerprint density at radius 3 is 1.30 bits per heavy atom. The van der Waals surface area contributed by atoms with Gasteiger partial charge in [0.25, 0.3) is 29.3 Å². The smallest absolute Gasteiger partial charge is 0.870 e. The fraction of sp³-hybridized carbons (Fsp3) is 0.392. The first-order valence-electron chi connectivity index (χ1n) is 33.6. The number of aromatic nitrogens is 8. The number of aryl methyl sites for hydroxylation is 1. The molecule has 0 bridgehead atoms. The van der Waals surface area contributed by atoms with Crippen LogP contribution in [0.3, 0.4) is 0 Å². The Labute approximate surface area is 701 Å². The summed E-state index contributed by atoms with van der Waals surface area (Å²) in [6, 6.07) is 23.4. The molecule has 6 amide bonds. The van der Waals surface area contributed by atoms with Crippen LogP contribution in [0.2, 0.25) is 23.2 Å². The normalized spacial score (nSPS) is 10.9. The van der Waals surface area contributed by atoms with Crippen LogP contribution in [-0.4, -0.2) is 169 Å². The number of nitrogen functional groups attached to an aromatic ring is 1. The van der Waals surface area contributed by atoms with Gasteiger partial charge in [0.2, 0.25) is 0 Å². The van der Waals surface area contributed by atoms with Crippen LogP contribution >= 0.6 is 11.6 Å². The molecule has 4 heterocycles. The van der Waals surface area contributed by atoms with E-state index in [1.807, 2.05) is 6.92 Å². The minimum Gasteiger partial charge on any atom is -0.870 e. The number of nitro groups is 1. The van der Waals surface area contributed by atoms with E-state index in [9.17, 15) is 67.2 Å². The average molecular weight is 1750 g/mol. The van der Waals surface area contributed by atoms with E-state index in [0.717, 1.165) is 4.68 Å². The molecule has 19 N–H and O–H groups in total. The number of rotatable bonds is 24. The molecule has 9 aromatic rings. The van der Waals surface area contributed by atoms with Crippen LogP contribution < -0.4 is 63.5 Å². The molecule has 0 saturated heterocycles. The summed E-state index contributed by atoms with van der Waals surface area (Å²) in [6.07, 6.45) is -0.610. The van der Waals surface area contributed by atoms with Gasteiger partial charge in [0, 0.05) is 91.7 Å². The molecule has 0 spiro atoms. The third-order valence-electron chi connectivity index (χ3n) is 15.7. The summed E-state index contributed by atoms with van der Waals surface area (Å²) in [5, 5.41) is 45.8. The zero-order valence-electron chi connectivity index (χ0n) is 65.8. The predicted molar refractivity (Wildman–Crippen MR) is 434 cm³/mol. The van der Waals surface area contributed by atoms with Gasteiger partial charge in [-0.15, -0.1) is 0 Å². The SMILES string of the molecule is C.C.CC(=O)Cn1nc(C(N)=O)c2cc(N)ccc21.CC(=O)Cn1nc(C(N)=O)c2cc(NC(=O)OC(C)(C)C)ccc21.CC(=O)Cn1nc(C(N)=O)c2cc([N+](=O)[O-])ccc21.CC(C)(C)OC(=O)Nc1ccc2c(c1)c(C(N)=O)nn2CC(=O)O.C[C@H](CO[Si](C)(C)C(C)(C)C)NCC(=O)CCc1cccc(Cl)c1F.O.O.[HH].[Li+].[OH-].[Pd]. The fourth-order valence-corrected chi connectivity index (χ4v) is 11.1. The summed E-state index contributed by atoms with van der Waals surface area (Å²) >= 11 is 5.75. The quantitative estimate of drug-likeness (QED) is 0.0140. The maximum Gasteiger partial charge on any atom is 1.00 e. The molecular formula is C74H106ClFLiN17O20PdSi. The second-order valence-corrected chi connectivity index (χ2v) is 33.8. The van der Waals surface area contributed by atoms with E-state index in [1.165, 1.54) is 65.1 Å². The Morgan fingerprint density at radius 2 is 0.957 bits per heavy atom. The molecule has 0 saturated carbocycles. The number of ether oxygens (including phenoxy) is 2. The molecule has 0 fully saturated rings. The van der Waals surface area contributed by atoms with E-state index in [1.54, 1.807) is 102 Å². The van der Waals surface area contributed by atoms with E-state index in [4.69, 9.17) is 59.3 Å². The number of nitrogens with two attached hydrogens (primary N) is 5. The summed E-state index contributed by atoms with van der Waals surface area (Å²) < 4.78 is 35.6. The monoisotopic (exact) mass is 1750 g/mol. The maximum absolute atomic E-state index is 13.8. The molecule has 0 radical (unpaired) electrons. The van der Waals surface area contributed by atoms with Crippen molar-refractivity contribution in [1.29, 1.82) is 0 Å².